The van der Waals surface area contributed by atoms with Gasteiger partial charge in [0.25, 0.3) is 0 Å². The van der Waals surface area contributed by atoms with Crippen LogP contribution in [0, 0.1) is 5.41 Å². The summed E-state index contributed by atoms with van der Waals surface area (Å²) in [6.07, 6.45) is 0.0495. The van der Waals surface area contributed by atoms with Crippen molar-refractivity contribution in [2.45, 2.75) is 33.8 Å². The lowest BCUT2D eigenvalue weighted by Crippen LogP contribution is -2.20. The van der Waals surface area contributed by atoms with Gasteiger partial charge in [-0.1, -0.05) is 45.0 Å². The van der Waals surface area contributed by atoms with E-state index in [2.05, 4.69) is 20.8 Å². The van der Waals surface area contributed by atoms with Gasteiger partial charge in [0.05, 0.1) is 6.10 Å². The Bertz CT molecular complexity index is 357. The third-order valence-corrected chi connectivity index (χ3v) is 2.64. The van der Waals surface area contributed by atoms with Crippen LogP contribution in [0.1, 0.15) is 49.7 Å². The van der Waals surface area contributed by atoms with E-state index in [4.69, 9.17) is 4.74 Å². The van der Waals surface area contributed by atoms with Crippen LogP contribution in [0.4, 0.5) is 0 Å². The summed E-state index contributed by atoms with van der Waals surface area (Å²) in [6, 6.07) is 7.65. The third-order valence-electron chi connectivity index (χ3n) is 2.64. The van der Waals surface area contributed by atoms with Gasteiger partial charge in [0.2, 0.25) is 0 Å². The van der Waals surface area contributed by atoms with Gasteiger partial charge < -0.3 is 4.74 Å². The number of ether oxygens (including phenoxy) is 1. The average molecular weight is 220 g/mol. The summed E-state index contributed by atoms with van der Waals surface area (Å²) in [5, 5.41) is 0. The zero-order valence-corrected chi connectivity index (χ0v) is 10.7. The van der Waals surface area contributed by atoms with Gasteiger partial charge in [0.1, 0.15) is 0 Å². The minimum atomic E-state index is 0.0481. The molecule has 0 saturated heterocycles. The normalized spacial score (nSPS) is 13.6. The van der Waals surface area contributed by atoms with Crippen LogP contribution >= 0.6 is 0 Å². The molecule has 2 nitrogen and oxygen atoms in total. The molecule has 0 spiro atoms. The van der Waals surface area contributed by atoms with Gasteiger partial charge in [0, 0.05) is 12.7 Å². The molecule has 88 valence electrons. The highest BCUT2D eigenvalue weighted by Crippen LogP contribution is 2.35. The van der Waals surface area contributed by atoms with Gasteiger partial charge >= 0.3 is 0 Å². The molecule has 0 radical (unpaired) electrons. The number of rotatable bonds is 3. The molecule has 1 aromatic rings. The molecule has 0 bridgehead atoms. The van der Waals surface area contributed by atoms with Gasteiger partial charge in [-0.05, 0) is 17.9 Å². The van der Waals surface area contributed by atoms with Crippen LogP contribution < -0.4 is 0 Å². The number of Topliss-reactive ketones (excluding diaryl/α,β-unsaturated/α-hetero) is 1. The summed E-state index contributed by atoms with van der Waals surface area (Å²) in [6.45, 7) is 7.99. The fourth-order valence-corrected chi connectivity index (χ4v) is 1.88. The van der Waals surface area contributed by atoms with E-state index in [0.717, 1.165) is 11.1 Å². The Kier molecular flexibility index (Phi) is 3.87. The zero-order chi connectivity index (χ0) is 12.3. The van der Waals surface area contributed by atoms with Crippen molar-refractivity contribution in [3.8, 4) is 0 Å². The monoisotopic (exact) mass is 220 g/mol. The quantitative estimate of drug-likeness (QED) is 0.727. The molecule has 0 aliphatic rings. The lowest BCUT2D eigenvalue weighted by atomic mass is 9.84. The second-order valence-electron chi connectivity index (χ2n) is 5.16. The van der Waals surface area contributed by atoms with E-state index in [1.807, 2.05) is 24.3 Å². The Morgan fingerprint density at radius 1 is 1.19 bits per heavy atom. The summed E-state index contributed by atoms with van der Waals surface area (Å²) in [4.78, 5) is 11.2. The van der Waals surface area contributed by atoms with Crippen molar-refractivity contribution in [2.75, 3.05) is 7.11 Å². The van der Waals surface area contributed by atoms with Gasteiger partial charge in [-0.2, -0.15) is 0 Å². The maximum atomic E-state index is 11.2. The largest absolute Gasteiger partial charge is 0.376 e. The SMILES string of the molecule is CO[C@@H](c1ccc(C(C)=O)cc1)C(C)(C)C. The molecular formula is C14H20O2. The number of hydrogen-bond donors (Lipinski definition) is 0. The molecule has 0 amide bonds. The third kappa shape index (κ3) is 2.92. The standard InChI is InChI=1S/C14H20O2/c1-10(15)11-6-8-12(9-7-11)13(16-5)14(2,3)4/h6-9,13H,1-5H3/t13-/m0/s1. The Hall–Kier alpha value is -1.15. The predicted molar refractivity (Wildman–Crippen MR) is 65.7 cm³/mol. The molecule has 16 heavy (non-hydrogen) atoms. The molecule has 1 rings (SSSR count). The van der Waals surface area contributed by atoms with Gasteiger partial charge in [-0.3, -0.25) is 4.79 Å². The minimum absolute atomic E-state index is 0.0481. The van der Waals surface area contributed by atoms with Crippen molar-refractivity contribution in [1.82, 2.24) is 0 Å². The lowest BCUT2D eigenvalue weighted by Gasteiger charge is -2.29. The van der Waals surface area contributed by atoms with E-state index in [1.54, 1.807) is 14.0 Å². The van der Waals surface area contributed by atoms with E-state index >= 15 is 0 Å². The Labute approximate surface area is 97.6 Å². The van der Waals surface area contributed by atoms with Crippen LogP contribution in [-0.2, 0) is 4.74 Å². The van der Waals surface area contributed by atoms with Crippen LogP contribution in [0.5, 0.6) is 0 Å². The molecule has 0 saturated carbocycles. The van der Waals surface area contributed by atoms with E-state index in [-0.39, 0.29) is 17.3 Å². The molecule has 0 aliphatic carbocycles. The number of carbonyl (C=O) groups excluding carboxylic acids is 1. The zero-order valence-electron chi connectivity index (χ0n) is 10.7. The summed E-state index contributed by atoms with van der Waals surface area (Å²) in [5.41, 5.74) is 1.90. The molecule has 0 fully saturated rings. The second-order valence-corrected chi connectivity index (χ2v) is 5.16. The number of methoxy groups -OCH3 is 1. The van der Waals surface area contributed by atoms with E-state index in [9.17, 15) is 4.79 Å². The predicted octanol–water partition coefficient (Wildman–Crippen LogP) is 3.62. The average Bonchev–Trinajstić information content (AvgIpc) is 2.17. The highest BCUT2D eigenvalue weighted by molar-refractivity contribution is 5.94. The second kappa shape index (κ2) is 4.79. The fourth-order valence-electron chi connectivity index (χ4n) is 1.88. The van der Waals surface area contributed by atoms with Crippen molar-refractivity contribution in [3.63, 3.8) is 0 Å². The van der Waals surface area contributed by atoms with Gasteiger partial charge in [-0.15, -0.1) is 0 Å². The molecule has 2 heteroatoms. The molecule has 0 unspecified atom stereocenters. The van der Waals surface area contributed by atoms with E-state index in [1.165, 1.54) is 0 Å². The molecular weight excluding hydrogens is 200 g/mol. The Morgan fingerprint density at radius 2 is 1.69 bits per heavy atom. The van der Waals surface area contributed by atoms with E-state index < -0.39 is 0 Å². The molecule has 1 aromatic carbocycles. The molecule has 0 aromatic heterocycles. The Balaban J connectivity index is 3.00. The first kappa shape index (κ1) is 12.9. The van der Waals surface area contributed by atoms with Crippen molar-refractivity contribution < 1.29 is 9.53 Å². The fraction of sp³-hybridized carbons (Fsp3) is 0.500. The molecule has 1 atom stereocenters. The number of benzene rings is 1. The van der Waals surface area contributed by atoms with Crippen molar-refractivity contribution in [1.29, 1.82) is 0 Å². The smallest absolute Gasteiger partial charge is 0.159 e. The van der Waals surface area contributed by atoms with Gasteiger partial charge in [0.15, 0.2) is 5.78 Å². The highest BCUT2D eigenvalue weighted by Gasteiger charge is 2.25. The van der Waals surface area contributed by atoms with Crippen LogP contribution in [0.3, 0.4) is 0 Å². The Morgan fingerprint density at radius 3 is 2.00 bits per heavy atom. The maximum Gasteiger partial charge on any atom is 0.159 e. The first-order valence-electron chi connectivity index (χ1n) is 5.50. The van der Waals surface area contributed by atoms with Crippen LogP contribution in [0.25, 0.3) is 0 Å². The van der Waals surface area contributed by atoms with Crippen LogP contribution in [-0.4, -0.2) is 12.9 Å². The maximum absolute atomic E-state index is 11.2. The van der Waals surface area contributed by atoms with Crippen LogP contribution in [0.15, 0.2) is 24.3 Å². The first-order valence-corrected chi connectivity index (χ1v) is 5.50. The summed E-state index contributed by atoms with van der Waals surface area (Å²) in [7, 11) is 1.72. The molecule has 0 N–H and O–H groups in total. The molecule has 0 heterocycles. The van der Waals surface area contributed by atoms with Crippen LogP contribution in [0.2, 0.25) is 0 Å². The van der Waals surface area contributed by atoms with Gasteiger partial charge in [-0.25, -0.2) is 0 Å². The lowest BCUT2D eigenvalue weighted by molar-refractivity contribution is 0.0152. The minimum Gasteiger partial charge on any atom is -0.376 e. The number of ketones is 1. The summed E-state index contributed by atoms with van der Waals surface area (Å²) in [5.74, 6) is 0.0938. The summed E-state index contributed by atoms with van der Waals surface area (Å²) >= 11 is 0. The van der Waals surface area contributed by atoms with E-state index in [0.29, 0.717) is 0 Å². The first-order chi connectivity index (χ1) is 7.36. The number of carbonyl (C=O) groups is 1. The molecule has 0 aliphatic heterocycles. The number of hydrogen-bond acceptors (Lipinski definition) is 2. The highest BCUT2D eigenvalue weighted by atomic mass is 16.5. The van der Waals surface area contributed by atoms with Crippen molar-refractivity contribution in [3.05, 3.63) is 35.4 Å². The topological polar surface area (TPSA) is 26.3 Å². The van der Waals surface area contributed by atoms with Crippen molar-refractivity contribution >= 4 is 5.78 Å². The van der Waals surface area contributed by atoms with Crippen molar-refractivity contribution in [2.24, 2.45) is 5.41 Å². The summed E-state index contributed by atoms with van der Waals surface area (Å²) < 4.78 is 5.52.